The molecule has 1 aliphatic carbocycles. The number of anilines is 1. The Morgan fingerprint density at radius 2 is 1.82 bits per heavy atom. The van der Waals surface area contributed by atoms with E-state index in [9.17, 15) is 18.3 Å². The van der Waals surface area contributed by atoms with Gasteiger partial charge < -0.3 is 15.2 Å². The molecule has 0 amide bonds. The van der Waals surface area contributed by atoms with Gasteiger partial charge in [-0.25, -0.2) is 4.98 Å². The Balaban J connectivity index is 1.59. The van der Waals surface area contributed by atoms with Crippen LogP contribution in [0.1, 0.15) is 63.3 Å². The van der Waals surface area contributed by atoms with Crippen molar-refractivity contribution in [2.75, 3.05) is 11.9 Å². The first-order valence-electron chi connectivity index (χ1n) is 11.6. The number of nitrogens with zero attached hydrogens (tertiary/aromatic N) is 2. The molecule has 0 radical (unpaired) electrons. The Labute approximate surface area is 197 Å². The van der Waals surface area contributed by atoms with Crippen LogP contribution >= 0.6 is 0 Å². The SMILES string of the molecule is Cc1cc(C2=NNC(NC3CCC(O)CC3)O2)nc2c(C(C)(C)C)cc(NCC(F)(F)F)cc12. The van der Waals surface area contributed by atoms with Gasteiger partial charge in [0.25, 0.3) is 5.90 Å². The molecule has 2 heterocycles. The number of alkyl halides is 3. The van der Waals surface area contributed by atoms with Crippen LogP contribution in [-0.4, -0.2) is 47.2 Å². The molecule has 1 unspecified atom stereocenters. The Kier molecular flexibility index (Phi) is 6.65. The van der Waals surface area contributed by atoms with Crippen LogP contribution in [0, 0.1) is 6.92 Å². The lowest BCUT2D eigenvalue weighted by Gasteiger charge is -2.28. The summed E-state index contributed by atoms with van der Waals surface area (Å²) >= 11 is 0. The lowest BCUT2D eigenvalue weighted by molar-refractivity contribution is -0.115. The van der Waals surface area contributed by atoms with E-state index in [-0.39, 0.29) is 17.6 Å². The number of fused-ring (bicyclic) bond motifs is 1. The highest BCUT2D eigenvalue weighted by molar-refractivity contribution is 5.98. The molecule has 7 nitrogen and oxygen atoms in total. The van der Waals surface area contributed by atoms with E-state index < -0.39 is 19.1 Å². The van der Waals surface area contributed by atoms with E-state index in [1.165, 1.54) is 0 Å². The summed E-state index contributed by atoms with van der Waals surface area (Å²) in [5, 5.41) is 20.7. The molecule has 1 atom stereocenters. The molecule has 4 N–H and O–H groups in total. The van der Waals surface area contributed by atoms with Gasteiger partial charge in [0, 0.05) is 17.1 Å². The van der Waals surface area contributed by atoms with Crippen molar-refractivity contribution in [3.05, 3.63) is 35.0 Å². The van der Waals surface area contributed by atoms with Gasteiger partial charge in [-0.1, -0.05) is 20.8 Å². The largest absolute Gasteiger partial charge is 0.436 e. The maximum Gasteiger partial charge on any atom is 0.405 e. The minimum absolute atomic E-state index is 0.228. The van der Waals surface area contributed by atoms with Crippen molar-refractivity contribution in [2.45, 2.75) is 83.5 Å². The van der Waals surface area contributed by atoms with Crippen molar-refractivity contribution in [3.63, 3.8) is 0 Å². The van der Waals surface area contributed by atoms with E-state index in [1.807, 2.05) is 33.8 Å². The number of ether oxygens (including phenoxy) is 1. The molecule has 1 saturated carbocycles. The molecule has 10 heteroatoms. The zero-order chi connectivity index (χ0) is 24.7. The molecule has 1 fully saturated rings. The van der Waals surface area contributed by atoms with Gasteiger partial charge in [-0.05, 0) is 67.3 Å². The minimum atomic E-state index is -4.30. The van der Waals surface area contributed by atoms with Crippen LogP contribution < -0.4 is 16.1 Å². The zero-order valence-electron chi connectivity index (χ0n) is 19.9. The standard InChI is InChI=1S/C24H32F3N5O2/c1-13-9-19(21-31-32-22(34-21)29-14-5-7-16(33)8-6-14)30-20-17(13)10-15(28-12-24(25,26)27)11-18(20)23(2,3)4/h9-11,14,16,22,28-29,32-33H,5-8,12H2,1-4H3. The quantitative estimate of drug-likeness (QED) is 0.512. The number of pyridine rings is 1. The average molecular weight is 480 g/mol. The summed E-state index contributed by atoms with van der Waals surface area (Å²) in [4.78, 5) is 4.82. The van der Waals surface area contributed by atoms with Crippen LogP contribution in [0.15, 0.2) is 23.3 Å². The second-order valence-corrected chi connectivity index (χ2v) is 10.2. The van der Waals surface area contributed by atoms with Crippen LogP contribution in [0.3, 0.4) is 0 Å². The number of benzene rings is 1. The van der Waals surface area contributed by atoms with E-state index in [0.717, 1.165) is 42.2 Å². The van der Waals surface area contributed by atoms with Crippen LogP contribution in [0.2, 0.25) is 0 Å². The van der Waals surface area contributed by atoms with Crippen molar-refractivity contribution in [3.8, 4) is 0 Å². The van der Waals surface area contributed by atoms with Crippen LogP contribution in [0.5, 0.6) is 0 Å². The lowest BCUT2D eigenvalue weighted by atomic mass is 9.84. The monoisotopic (exact) mass is 479 g/mol. The minimum Gasteiger partial charge on any atom is -0.436 e. The van der Waals surface area contributed by atoms with Crippen LogP contribution in [-0.2, 0) is 10.2 Å². The Hall–Kier alpha value is -2.59. The Morgan fingerprint density at radius 1 is 1.12 bits per heavy atom. The molecule has 1 aromatic carbocycles. The molecule has 1 aromatic heterocycles. The van der Waals surface area contributed by atoms with Gasteiger partial charge in [-0.2, -0.15) is 13.2 Å². The molecule has 186 valence electrons. The van der Waals surface area contributed by atoms with Crippen LogP contribution in [0.25, 0.3) is 10.9 Å². The Bertz CT molecular complexity index is 1070. The number of aliphatic hydroxyl groups is 1. The second-order valence-electron chi connectivity index (χ2n) is 10.2. The summed E-state index contributed by atoms with van der Waals surface area (Å²) in [6.07, 6.45) is -1.76. The molecule has 2 aliphatic rings. The lowest BCUT2D eigenvalue weighted by Crippen LogP contribution is -2.46. The molecule has 0 bridgehead atoms. The fraction of sp³-hybridized carbons (Fsp3) is 0.583. The van der Waals surface area contributed by atoms with E-state index in [2.05, 4.69) is 21.2 Å². The van der Waals surface area contributed by atoms with E-state index in [1.54, 1.807) is 12.1 Å². The molecular weight excluding hydrogens is 447 g/mol. The molecule has 2 aromatic rings. The third-order valence-corrected chi connectivity index (χ3v) is 6.24. The summed E-state index contributed by atoms with van der Waals surface area (Å²) in [6.45, 7) is 6.82. The number of aryl methyl sites for hydroxylation is 1. The summed E-state index contributed by atoms with van der Waals surface area (Å²) in [6, 6.07) is 5.51. The smallest absolute Gasteiger partial charge is 0.405 e. The van der Waals surface area contributed by atoms with Crippen molar-refractivity contribution in [1.29, 1.82) is 0 Å². The molecular formula is C24H32F3N5O2. The number of hydrogen-bond donors (Lipinski definition) is 4. The molecule has 0 saturated heterocycles. The van der Waals surface area contributed by atoms with Gasteiger partial charge in [0.1, 0.15) is 12.2 Å². The van der Waals surface area contributed by atoms with Crippen molar-refractivity contribution < 1.29 is 23.0 Å². The van der Waals surface area contributed by atoms with E-state index >= 15 is 0 Å². The van der Waals surface area contributed by atoms with Crippen molar-refractivity contribution in [1.82, 2.24) is 15.7 Å². The maximum atomic E-state index is 12.8. The van der Waals surface area contributed by atoms with E-state index in [0.29, 0.717) is 22.8 Å². The van der Waals surface area contributed by atoms with Gasteiger partial charge in [0.15, 0.2) is 0 Å². The first kappa shape index (κ1) is 24.5. The van der Waals surface area contributed by atoms with Gasteiger partial charge in [-0.3, -0.25) is 10.7 Å². The molecule has 4 rings (SSSR count). The third kappa shape index (κ3) is 5.72. The number of halogens is 3. The number of rotatable bonds is 5. The topological polar surface area (TPSA) is 90.8 Å². The number of nitrogens with one attached hydrogen (secondary N) is 3. The molecule has 0 spiro atoms. The predicted octanol–water partition coefficient (Wildman–Crippen LogP) is 4.27. The number of hydrogen-bond acceptors (Lipinski definition) is 7. The fourth-order valence-corrected chi connectivity index (χ4v) is 4.40. The average Bonchev–Trinajstić information content (AvgIpc) is 3.21. The van der Waals surface area contributed by atoms with Crippen LogP contribution in [0.4, 0.5) is 18.9 Å². The first-order valence-corrected chi connectivity index (χ1v) is 11.6. The normalized spacial score (nSPS) is 23.4. The summed E-state index contributed by atoms with van der Waals surface area (Å²) in [5.74, 6) is 0.359. The van der Waals surface area contributed by atoms with Gasteiger partial charge >= 0.3 is 6.18 Å². The highest BCUT2D eigenvalue weighted by Gasteiger charge is 2.29. The number of hydrazone groups is 1. The summed E-state index contributed by atoms with van der Waals surface area (Å²) in [7, 11) is 0. The number of aromatic nitrogens is 1. The van der Waals surface area contributed by atoms with Gasteiger partial charge in [0.2, 0.25) is 6.35 Å². The highest BCUT2D eigenvalue weighted by atomic mass is 19.4. The second kappa shape index (κ2) is 9.22. The van der Waals surface area contributed by atoms with E-state index in [4.69, 9.17) is 9.72 Å². The number of aliphatic hydroxyl groups excluding tert-OH is 1. The highest BCUT2D eigenvalue weighted by Crippen LogP contribution is 2.34. The maximum absolute atomic E-state index is 12.8. The molecule has 1 aliphatic heterocycles. The summed E-state index contributed by atoms with van der Waals surface area (Å²) < 4.78 is 44.3. The van der Waals surface area contributed by atoms with Gasteiger partial charge in [0.05, 0.1) is 11.6 Å². The Morgan fingerprint density at radius 3 is 2.47 bits per heavy atom. The first-order chi connectivity index (χ1) is 15.9. The van der Waals surface area contributed by atoms with Crippen molar-refractivity contribution >= 4 is 22.5 Å². The van der Waals surface area contributed by atoms with Crippen molar-refractivity contribution in [2.24, 2.45) is 5.10 Å². The summed E-state index contributed by atoms with van der Waals surface area (Å²) in [5.41, 5.74) is 5.98. The zero-order valence-corrected chi connectivity index (χ0v) is 19.9. The predicted molar refractivity (Wildman–Crippen MR) is 126 cm³/mol. The third-order valence-electron chi connectivity index (χ3n) is 6.24. The van der Waals surface area contributed by atoms with Gasteiger partial charge in [-0.15, -0.1) is 5.10 Å². The molecule has 34 heavy (non-hydrogen) atoms. The fourth-order valence-electron chi connectivity index (χ4n) is 4.40.